The van der Waals surface area contributed by atoms with Crippen LogP contribution in [0.25, 0.3) is 10.9 Å². The van der Waals surface area contributed by atoms with Crippen LogP contribution in [-0.2, 0) is 17.1 Å². The molecule has 1 aliphatic rings. The van der Waals surface area contributed by atoms with Gasteiger partial charge >= 0.3 is 0 Å². The fourth-order valence-electron chi connectivity index (χ4n) is 4.61. The summed E-state index contributed by atoms with van der Waals surface area (Å²) in [6, 6.07) is 6.18. The van der Waals surface area contributed by atoms with Crippen molar-refractivity contribution in [3.63, 3.8) is 0 Å². The highest BCUT2D eigenvalue weighted by Gasteiger charge is 2.28. The predicted octanol–water partition coefficient (Wildman–Crippen LogP) is 5.22. The molecule has 4 rings (SSSR count). The van der Waals surface area contributed by atoms with Crippen LogP contribution < -0.4 is 4.74 Å². The minimum atomic E-state index is -3.12. The molecule has 1 fully saturated rings. The lowest BCUT2D eigenvalue weighted by Crippen LogP contribution is -2.19. The van der Waals surface area contributed by atoms with Crippen LogP contribution in [-0.4, -0.2) is 33.9 Å². The maximum Gasteiger partial charge on any atom is 0.286 e. The van der Waals surface area contributed by atoms with Crippen molar-refractivity contribution in [3.8, 4) is 5.75 Å². The lowest BCUT2D eigenvalue weighted by atomic mass is 9.87. The molecule has 1 aliphatic carbocycles. The van der Waals surface area contributed by atoms with Gasteiger partial charge in [0.15, 0.2) is 5.78 Å². The molecule has 8 heteroatoms. The maximum absolute atomic E-state index is 13.6. The number of nitrogens with zero attached hydrogens (tertiary/aromatic N) is 3. The third-order valence-electron chi connectivity index (χ3n) is 6.43. The molecule has 0 saturated heterocycles. The van der Waals surface area contributed by atoms with Crippen molar-refractivity contribution < 1.29 is 23.1 Å². The van der Waals surface area contributed by atoms with E-state index in [9.17, 15) is 18.4 Å². The topological polar surface area (TPSA) is 74.1 Å². The van der Waals surface area contributed by atoms with E-state index in [1.54, 1.807) is 0 Å². The van der Waals surface area contributed by atoms with Gasteiger partial charge in [-0.3, -0.25) is 9.48 Å². The number of ether oxygens (including phenoxy) is 1. The summed E-state index contributed by atoms with van der Waals surface area (Å²) in [5, 5.41) is 5.66. The minimum Gasteiger partial charge on any atom is -0.496 e. The van der Waals surface area contributed by atoms with Gasteiger partial charge in [-0.2, -0.15) is 13.9 Å². The summed E-state index contributed by atoms with van der Waals surface area (Å²) in [6.45, 7) is 2.65. The Morgan fingerprint density at radius 2 is 2.00 bits per heavy atom. The van der Waals surface area contributed by atoms with Gasteiger partial charge in [0.2, 0.25) is 0 Å². The van der Waals surface area contributed by atoms with Crippen LogP contribution in [0.1, 0.15) is 66.0 Å². The van der Waals surface area contributed by atoms with Gasteiger partial charge in [0.1, 0.15) is 23.4 Å². The lowest BCUT2D eigenvalue weighted by Gasteiger charge is -2.25. The van der Waals surface area contributed by atoms with Crippen molar-refractivity contribution in [1.29, 1.82) is 0 Å². The number of aryl methyl sites for hydroxylation is 1. The van der Waals surface area contributed by atoms with Crippen LogP contribution in [0.4, 0.5) is 8.78 Å². The molecule has 33 heavy (non-hydrogen) atoms. The highest BCUT2D eigenvalue weighted by Crippen LogP contribution is 2.35. The van der Waals surface area contributed by atoms with Crippen molar-refractivity contribution in [2.75, 3.05) is 7.11 Å². The van der Waals surface area contributed by atoms with Gasteiger partial charge in [0.05, 0.1) is 18.7 Å². The van der Waals surface area contributed by atoms with Crippen LogP contribution in [0, 0.1) is 12.8 Å². The largest absolute Gasteiger partial charge is 0.496 e. The minimum absolute atomic E-state index is 0.00328. The van der Waals surface area contributed by atoms with Crippen molar-refractivity contribution in [3.05, 3.63) is 53.0 Å². The van der Waals surface area contributed by atoms with Crippen molar-refractivity contribution in [1.82, 2.24) is 14.8 Å². The zero-order chi connectivity index (χ0) is 23.8. The van der Waals surface area contributed by atoms with Crippen LogP contribution >= 0.6 is 0 Å². The summed E-state index contributed by atoms with van der Waals surface area (Å²) in [6.07, 6.45) is 6.48. The first-order valence-corrected chi connectivity index (χ1v) is 11.1. The number of carbonyl (C=O) groups is 2. The Bertz CT molecular complexity index is 1190. The molecule has 0 N–H and O–H groups in total. The number of benzene rings is 1. The molecule has 0 radical (unpaired) electrons. The SMILES string of the molecule is COc1c(CC(=O)c2cccc(C(C)(F)F)n2)cc2cn([C@H]3CC[C@H](C=O)CC3)nc2c1C. The summed E-state index contributed by atoms with van der Waals surface area (Å²) in [4.78, 5) is 27.8. The van der Waals surface area contributed by atoms with Gasteiger partial charge in [-0.15, -0.1) is 0 Å². The number of hydrogen-bond donors (Lipinski definition) is 0. The van der Waals surface area contributed by atoms with E-state index in [2.05, 4.69) is 4.98 Å². The van der Waals surface area contributed by atoms with E-state index in [1.807, 2.05) is 23.9 Å². The molecule has 0 bridgehead atoms. The fourth-order valence-corrected chi connectivity index (χ4v) is 4.61. The number of carbonyl (C=O) groups excluding carboxylic acids is 2. The van der Waals surface area contributed by atoms with Crippen LogP contribution in [0.5, 0.6) is 5.75 Å². The summed E-state index contributed by atoms with van der Waals surface area (Å²) >= 11 is 0. The number of aldehydes is 1. The Balaban J connectivity index is 1.64. The number of Topliss-reactive ketones (excluding diaryl/α,β-unsaturated/α-hetero) is 1. The number of alkyl halides is 2. The van der Waals surface area contributed by atoms with E-state index in [1.165, 1.54) is 25.3 Å². The average molecular weight is 456 g/mol. The molecule has 0 amide bonds. The highest BCUT2D eigenvalue weighted by molar-refractivity contribution is 5.97. The molecular weight excluding hydrogens is 428 g/mol. The number of aromatic nitrogens is 3. The lowest BCUT2D eigenvalue weighted by molar-refractivity contribution is -0.112. The van der Waals surface area contributed by atoms with Gasteiger partial charge in [-0.25, -0.2) is 4.98 Å². The molecular formula is C25H27F2N3O3. The molecule has 1 aromatic carbocycles. The van der Waals surface area contributed by atoms with E-state index in [0.29, 0.717) is 11.3 Å². The Kier molecular flexibility index (Phi) is 6.28. The van der Waals surface area contributed by atoms with E-state index in [0.717, 1.165) is 55.4 Å². The van der Waals surface area contributed by atoms with Gasteiger partial charge in [0.25, 0.3) is 5.92 Å². The standard InChI is InChI=1S/C25H27F2N3O3/c1-15-23-18(13-30(29-23)19-9-7-16(14-31)8-10-19)11-17(24(15)33-3)12-21(32)20-5-4-6-22(28-20)25(2,26)27/h4-6,11,13-14,16,19H,7-10,12H2,1-3H3/t16-,19-. The number of ketones is 1. The molecule has 2 aromatic heterocycles. The number of halogens is 2. The second kappa shape index (κ2) is 9.00. The molecule has 0 aliphatic heterocycles. The molecule has 2 heterocycles. The summed E-state index contributed by atoms with van der Waals surface area (Å²) in [5.74, 6) is -2.80. The Morgan fingerprint density at radius 3 is 2.64 bits per heavy atom. The Hall–Kier alpha value is -3.16. The molecule has 1 saturated carbocycles. The van der Waals surface area contributed by atoms with E-state index in [-0.39, 0.29) is 29.9 Å². The maximum atomic E-state index is 13.6. The molecule has 0 spiro atoms. The third-order valence-corrected chi connectivity index (χ3v) is 6.43. The number of fused-ring (bicyclic) bond motifs is 1. The quantitative estimate of drug-likeness (QED) is 0.361. The number of pyridine rings is 1. The van der Waals surface area contributed by atoms with Gasteiger partial charge in [-0.05, 0) is 50.8 Å². The van der Waals surface area contributed by atoms with Crippen molar-refractivity contribution in [2.24, 2.45) is 5.92 Å². The molecule has 3 aromatic rings. The van der Waals surface area contributed by atoms with Crippen LogP contribution in [0.15, 0.2) is 30.5 Å². The molecule has 174 valence electrons. The first-order chi connectivity index (χ1) is 15.7. The normalized spacial score (nSPS) is 18.9. The first kappa shape index (κ1) is 23.0. The van der Waals surface area contributed by atoms with Gasteiger partial charge in [0, 0.05) is 42.0 Å². The van der Waals surface area contributed by atoms with Gasteiger partial charge in [-0.1, -0.05) is 6.07 Å². The van der Waals surface area contributed by atoms with Crippen molar-refractivity contribution in [2.45, 2.75) is 57.9 Å². The first-order valence-electron chi connectivity index (χ1n) is 11.1. The molecule has 6 nitrogen and oxygen atoms in total. The Morgan fingerprint density at radius 1 is 1.27 bits per heavy atom. The van der Waals surface area contributed by atoms with E-state index >= 15 is 0 Å². The number of methoxy groups -OCH3 is 1. The van der Waals surface area contributed by atoms with Gasteiger partial charge < -0.3 is 9.53 Å². The molecule has 0 unspecified atom stereocenters. The second-order valence-corrected chi connectivity index (χ2v) is 8.84. The van der Waals surface area contributed by atoms with E-state index in [4.69, 9.17) is 9.84 Å². The van der Waals surface area contributed by atoms with Crippen LogP contribution in [0.2, 0.25) is 0 Å². The monoisotopic (exact) mass is 455 g/mol. The average Bonchev–Trinajstić information content (AvgIpc) is 3.23. The van der Waals surface area contributed by atoms with E-state index < -0.39 is 11.6 Å². The third kappa shape index (κ3) is 4.65. The zero-order valence-electron chi connectivity index (χ0n) is 19.0. The zero-order valence-corrected chi connectivity index (χ0v) is 19.0. The fraction of sp³-hybridized carbons (Fsp3) is 0.440. The summed E-state index contributed by atoms with van der Waals surface area (Å²) in [7, 11) is 1.54. The second-order valence-electron chi connectivity index (χ2n) is 8.84. The number of hydrogen-bond acceptors (Lipinski definition) is 5. The van der Waals surface area contributed by atoms with Crippen LogP contribution in [0.3, 0.4) is 0 Å². The smallest absolute Gasteiger partial charge is 0.286 e. The number of rotatable bonds is 7. The summed E-state index contributed by atoms with van der Waals surface area (Å²) in [5.41, 5.74) is 1.84. The predicted molar refractivity (Wildman–Crippen MR) is 120 cm³/mol. The van der Waals surface area contributed by atoms with Crippen molar-refractivity contribution >= 4 is 23.0 Å². The summed E-state index contributed by atoms with van der Waals surface area (Å²) < 4.78 is 34.9. The highest BCUT2D eigenvalue weighted by atomic mass is 19.3. The molecule has 0 atom stereocenters. The Labute approximate surface area is 191 Å².